The monoisotopic (exact) mass is 238 g/mol. The van der Waals surface area contributed by atoms with E-state index in [1.54, 1.807) is 19.2 Å². The lowest BCUT2D eigenvalue weighted by Crippen LogP contribution is -2.29. The molecule has 1 aromatic rings. The van der Waals surface area contributed by atoms with Gasteiger partial charge >= 0.3 is 0 Å². The smallest absolute Gasteiger partial charge is 0.146 e. The van der Waals surface area contributed by atoms with Crippen LogP contribution in [0.1, 0.15) is 19.3 Å². The lowest BCUT2D eigenvalue weighted by atomic mass is 10.0. The van der Waals surface area contributed by atoms with Crippen molar-refractivity contribution in [3.8, 4) is 5.75 Å². The highest BCUT2D eigenvalue weighted by molar-refractivity contribution is 5.50. The molecule has 2 unspecified atom stereocenters. The van der Waals surface area contributed by atoms with E-state index in [-0.39, 0.29) is 11.9 Å². The Morgan fingerprint density at radius 2 is 2.29 bits per heavy atom. The molecule has 1 fully saturated rings. The Kier molecular flexibility index (Phi) is 3.84. The van der Waals surface area contributed by atoms with Crippen molar-refractivity contribution in [1.29, 1.82) is 0 Å². The molecule has 0 saturated heterocycles. The van der Waals surface area contributed by atoms with Crippen molar-refractivity contribution in [1.82, 2.24) is 0 Å². The molecule has 3 nitrogen and oxygen atoms in total. The zero-order valence-corrected chi connectivity index (χ0v) is 10.1. The highest BCUT2D eigenvalue weighted by atomic mass is 19.1. The first kappa shape index (κ1) is 12.2. The average molecular weight is 238 g/mol. The summed E-state index contributed by atoms with van der Waals surface area (Å²) in [6.45, 7) is 0.656. The van der Waals surface area contributed by atoms with Crippen LogP contribution in [0.25, 0.3) is 0 Å². The van der Waals surface area contributed by atoms with Crippen molar-refractivity contribution in [3.63, 3.8) is 0 Å². The molecule has 0 heterocycles. The molecule has 2 rings (SSSR count). The SMILES string of the molecule is COc1ccc(F)c(NC2CCCC2CN)c1. The summed E-state index contributed by atoms with van der Waals surface area (Å²) in [6.07, 6.45) is 3.34. The molecule has 3 N–H and O–H groups in total. The summed E-state index contributed by atoms with van der Waals surface area (Å²) in [5.41, 5.74) is 6.22. The van der Waals surface area contributed by atoms with E-state index in [1.807, 2.05) is 0 Å². The van der Waals surface area contributed by atoms with Gasteiger partial charge in [-0.25, -0.2) is 4.39 Å². The maximum absolute atomic E-state index is 13.6. The van der Waals surface area contributed by atoms with Crippen molar-refractivity contribution in [2.45, 2.75) is 25.3 Å². The van der Waals surface area contributed by atoms with Crippen LogP contribution in [0.4, 0.5) is 10.1 Å². The van der Waals surface area contributed by atoms with E-state index in [0.29, 0.717) is 23.9 Å². The summed E-state index contributed by atoms with van der Waals surface area (Å²) >= 11 is 0. The maximum atomic E-state index is 13.6. The normalized spacial score (nSPS) is 23.7. The minimum absolute atomic E-state index is 0.242. The molecule has 1 aromatic carbocycles. The van der Waals surface area contributed by atoms with Crippen molar-refractivity contribution in [2.24, 2.45) is 11.7 Å². The Morgan fingerprint density at radius 1 is 1.47 bits per heavy atom. The molecule has 0 amide bonds. The number of nitrogens with one attached hydrogen (secondary N) is 1. The van der Waals surface area contributed by atoms with Crippen LogP contribution in [-0.4, -0.2) is 19.7 Å². The minimum atomic E-state index is -0.242. The molecule has 0 radical (unpaired) electrons. The number of benzene rings is 1. The standard InChI is InChI=1S/C13H19FN2O/c1-17-10-5-6-11(14)13(7-10)16-12-4-2-3-9(12)8-15/h5-7,9,12,16H,2-4,8,15H2,1H3. The third-order valence-corrected chi connectivity index (χ3v) is 3.48. The highest BCUT2D eigenvalue weighted by Gasteiger charge is 2.26. The second kappa shape index (κ2) is 5.36. The fourth-order valence-corrected chi connectivity index (χ4v) is 2.45. The van der Waals surface area contributed by atoms with Gasteiger partial charge in [0.05, 0.1) is 12.8 Å². The first-order valence-corrected chi connectivity index (χ1v) is 6.04. The molecule has 1 saturated carbocycles. The van der Waals surface area contributed by atoms with Gasteiger partial charge in [-0.2, -0.15) is 0 Å². The summed E-state index contributed by atoms with van der Waals surface area (Å²) in [7, 11) is 1.58. The summed E-state index contributed by atoms with van der Waals surface area (Å²) in [4.78, 5) is 0. The molecule has 0 aliphatic heterocycles. The van der Waals surface area contributed by atoms with Gasteiger partial charge in [0.15, 0.2) is 0 Å². The van der Waals surface area contributed by atoms with Crippen LogP contribution in [0.2, 0.25) is 0 Å². The molecule has 4 heteroatoms. The van der Waals surface area contributed by atoms with Crippen LogP contribution in [0, 0.1) is 11.7 Å². The van der Waals surface area contributed by atoms with E-state index >= 15 is 0 Å². The lowest BCUT2D eigenvalue weighted by molar-refractivity contribution is 0.413. The summed E-state index contributed by atoms with van der Waals surface area (Å²) < 4.78 is 18.7. The van der Waals surface area contributed by atoms with Gasteiger partial charge in [-0.05, 0) is 37.4 Å². The van der Waals surface area contributed by atoms with Gasteiger partial charge in [0.1, 0.15) is 11.6 Å². The van der Waals surface area contributed by atoms with Gasteiger partial charge in [0.2, 0.25) is 0 Å². The summed E-state index contributed by atoms with van der Waals surface area (Å²) in [5.74, 6) is 0.866. The van der Waals surface area contributed by atoms with Gasteiger partial charge in [-0.1, -0.05) is 6.42 Å². The largest absolute Gasteiger partial charge is 0.497 e. The maximum Gasteiger partial charge on any atom is 0.146 e. The molecule has 0 bridgehead atoms. The fourth-order valence-electron chi connectivity index (χ4n) is 2.45. The van der Waals surface area contributed by atoms with E-state index < -0.39 is 0 Å². The van der Waals surface area contributed by atoms with E-state index in [4.69, 9.17) is 10.5 Å². The quantitative estimate of drug-likeness (QED) is 0.846. The van der Waals surface area contributed by atoms with E-state index in [1.165, 1.54) is 6.07 Å². The van der Waals surface area contributed by atoms with Crippen molar-refractivity contribution < 1.29 is 9.13 Å². The Morgan fingerprint density at radius 3 is 3.00 bits per heavy atom. The number of hydrogen-bond acceptors (Lipinski definition) is 3. The Labute approximate surface area is 101 Å². The summed E-state index contributed by atoms with van der Waals surface area (Å²) in [6, 6.07) is 5.02. The Hall–Kier alpha value is -1.29. The fraction of sp³-hybridized carbons (Fsp3) is 0.538. The first-order chi connectivity index (χ1) is 8.24. The van der Waals surface area contributed by atoms with Crippen LogP contribution in [0.15, 0.2) is 18.2 Å². The Bertz CT molecular complexity index is 384. The number of nitrogens with two attached hydrogens (primary N) is 1. The molecule has 2 atom stereocenters. The number of halogens is 1. The molecule has 1 aliphatic carbocycles. The molecular weight excluding hydrogens is 219 g/mol. The predicted octanol–water partition coefficient (Wildman–Crippen LogP) is 2.37. The zero-order chi connectivity index (χ0) is 12.3. The van der Waals surface area contributed by atoms with E-state index in [2.05, 4.69) is 5.32 Å². The van der Waals surface area contributed by atoms with Gasteiger partial charge < -0.3 is 15.8 Å². The van der Waals surface area contributed by atoms with Gasteiger partial charge in [0.25, 0.3) is 0 Å². The van der Waals surface area contributed by atoms with Gasteiger partial charge in [-0.15, -0.1) is 0 Å². The summed E-state index contributed by atoms with van der Waals surface area (Å²) in [5, 5.41) is 3.25. The average Bonchev–Trinajstić information content (AvgIpc) is 2.79. The molecule has 0 aromatic heterocycles. The van der Waals surface area contributed by atoms with Crippen LogP contribution < -0.4 is 15.8 Å². The minimum Gasteiger partial charge on any atom is -0.497 e. The molecule has 94 valence electrons. The molecule has 0 spiro atoms. The number of ether oxygens (including phenoxy) is 1. The second-order valence-corrected chi connectivity index (χ2v) is 4.52. The zero-order valence-electron chi connectivity index (χ0n) is 10.1. The third-order valence-electron chi connectivity index (χ3n) is 3.48. The van der Waals surface area contributed by atoms with Crippen LogP contribution in [0.3, 0.4) is 0 Å². The lowest BCUT2D eigenvalue weighted by Gasteiger charge is -2.21. The van der Waals surface area contributed by atoms with E-state index in [9.17, 15) is 4.39 Å². The van der Waals surface area contributed by atoms with Crippen LogP contribution in [-0.2, 0) is 0 Å². The Balaban J connectivity index is 2.12. The third kappa shape index (κ3) is 2.69. The number of anilines is 1. The first-order valence-electron chi connectivity index (χ1n) is 6.04. The second-order valence-electron chi connectivity index (χ2n) is 4.52. The van der Waals surface area contributed by atoms with Crippen LogP contribution >= 0.6 is 0 Å². The number of rotatable bonds is 4. The van der Waals surface area contributed by atoms with Crippen LogP contribution in [0.5, 0.6) is 5.75 Å². The molecule has 1 aliphatic rings. The number of methoxy groups -OCH3 is 1. The number of hydrogen-bond donors (Lipinski definition) is 2. The van der Waals surface area contributed by atoms with E-state index in [0.717, 1.165) is 19.3 Å². The topological polar surface area (TPSA) is 47.3 Å². The van der Waals surface area contributed by atoms with Gasteiger partial charge in [0, 0.05) is 12.1 Å². The van der Waals surface area contributed by atoms with Crippen molar-refractivity contribution >= 4 is 5.69 Å². The molecular formula is C13H19FN2O. The van der Waals surface area contributed by atoms with Gasteiger partial charge in [-0.3, -0.25) is 0 Å². The highest BCUT2D eigenvalue weighted by Crippen LogP contribution is 2.30. The van der Waals surface area contributed by atoms with Crippen molar-refractivity contribution in [2.75, 3.05) is 19.0 Å². The predicted molar refractivity (Wildman–Crippen MR) is 66.8 cm³/mol. The molecule has 17 heavy (non-hydrogen) atoms. The van der Waals surface area contributed by atoms with Crippen molar-refractivity contribution in [3.05, 3.63) is 24.0 Å².